The minimum Gasteiger partial charge on any atom is -0.341 e. The highest BCUT2D eigenvalue weighted by atomic mass is 16.2. The number of carbonyl (C=O) groups excluding carboxylic acids is 1. The second kappa shape index (κ2) is 5.22. The Kier molecular flexibility index (Phi) is 4.22. The molecule has 1 unspecified atom stereocenters. The van der Waals surface area contributed by atoms with Crippen LogP contribution in [-0.4, -0.2) is 37.0 Å². The van der Waals surface area contributed by atoms with Gasteiger partial charge in [0.05, 0.1) is 6.04 Å². The lowest BCUT2D eigenvalue weighted by Gasteiger charge is -2.23. The van der Waals surface area contributed by atoms with Crippen molar-refractivity contribution in [2.75, 3.05) is 20.1 Å². The molecule has 1 amide bonds. The molecule has 76 valence electrons. The number of likely N-dealkylation sites (N-methyl/N-ethyl adjacent to an activating group) is 1. The molecule has 1 atom stereocenters. The number of hydrogen-bond acceptors (Lipinski definition) is 2. The number of nitrogens with one attached hydrogen (secondary N) is 1. The number of amides is 1. The van der Waals surface area contributed by atoms with E-state index in [4.69, 9.17) is 0 Å². The Labute approximate surface area is 80.5 Å². The monoisotopic (exact) mass is 184 g/mol. The Morgan fingerprint density at radius 3 is 2.92 bits per heavy atom. The predicted molar refractivity (Wildman–Crippen MR) is 53.6 cm³/mol. The quantitative estimate of drug-likeness (QED) is 0.709. The highest BCUT2D eigenvalue weighted by molar-refractivity contribution is 5.82. The van der Waals surface area contributed by atoms with E-state index in [0.717, 1.165) is 38.8 Å². The van der Waals surface area contributed by atoms with E-state index < -0.39 is 0 Å². The van der Waals surface area contributed by atoms with E-state index in [2.05, 4.69) is 12.2 Å². The van der Waals surface area contributed by atoms with E-state index in [9.17, 15) is 4.79 Å². The fourth-order valence-electron chi connectivity index (χ4n) is 1.86. The van der Waals surface area contributed by atoms with Crippen LogP contribution in [0.5, 0.6) is 0 Å². The molecule has 1 aliphatic rings. The Morgan fingerprint density at radius 1 is 1.54 bits per heavy atom. The molecule has 0 bridgehead atoms. The second-order valence-electron chi connectivity index (χ2n) is 3.66. The molecule has 0 aromatic carbocycles. The molecule has 1 N–H and O–H groups in total. The van der Waals surface area contributed by atoms with Crippen molar-refractivity contribution in [3.63, 3.8) is 0 Å². The van der Waals surface area contributed by atoms with Gasteiger partial charge in [-0.25, -0.2) is 0 Å². The van der Waals surface area contributed by atoms with Crippen molar-refractivity contribution in [1.82, 2.24) is 10.2 Å². The number of nitrogens with zero attached hydrogens (tertiary/aromatic N) is 1. The highest BCUT2D eigenvalue weighted by Crippen LogP contribution is 2.11. The molecule has 3 heteroatoms. The third-order valence-corrected chi connectivity index (χ3v) is 2.62. The molecule has 1 rings (SSSR count). The standard InChI is InChI=1S/C10H20N2O/c1-3-7-12-8-5-4-6-9(11-2)10(12)13/h9,11H,3-8H2,1-2H3. The predicted octanol–water partition coefficient (Wildman–Crippen LogP) is 0.997. The minimum absolute atomic E-state index is 0.0639. The van der Waals surface area contributed by atoms with Crippen molar-refractivity contribution in [3.05, 3.63) is 0 Å². The van der Waals surface area contributed by atoms with Crippen molar-refractivity contribution >= 4 is 5.91 Å². The average Bonchev–Trinajstić information content (AvgIpc) is 2.30. The molecule has 13 heavy (non-hydrogen) atoms. The van der Waals surface area contributed by atoms with Crippen LogP contribution in [-0.2, 0) is 4.79 Å². The van der Waals surface area contributed by atoms with Crippen LogP contribution in [0.4, 0.5) is 0 Å². The first-order chi connectivity index (χ1) is 6.29. The fraction of sp³-hybridized carbons (Fsp3) is 0.900. The summed E-state index contributed by atoms with van der Waals surface area (Å²) in [4.78, 5) is 13.8. The van der Waals surface area contributed by atoms with Gasteiger partial charge in [-0.15, -0.1) is 0 Å². The van der Waals surface area contributed by atoms with Gasteiger partial charge in [0.1, 0.15) is 0 Å². The fourth-order valence-corrected chi connectivity index (χ4v) is 1.86. The van der Waals surface area contributed by atoms with Gasteiger partial charge in [0.25, 0.3) is 0 Å². The van der Waals surface area contributed by atoms with Crippen LogP contribution in [0.2, 0.25) is 0 Å². The number of rotatable bonds is 3. The molecule has 1 saturated heterocycles. The second-order valence-corrected chi connectivity index (χ2v) is 3.66. The van der Waals surface area contributed by atoms with Crippen molar-refractivity contribution in [3.8, 4) is 0 Å². The van der Waals surface area contributed by atoms with Gasteiger partial charge in [-0.1, -0.05) is 6.92 Å². The number of likely N-dealkylation sites (tertiary alicyclic amines) is 1. The summed E-state index contributed by atoms with van der Waals surface area (Å²) < 4.78 is 0. The summed E-state index contributed by atoms with van der Waals surface area (Å²) in [6, 6.07) is 0.0639. The zero-order chi connectivity index (χ0) is 9.68. The summed E-state index contributed by atoms with van der Waals surface area (Å²) in [6.07, 6.45) is 4.37. The normalized spacial score (nSPS) is 24.6. The largest absolute Gasteiger partial charge is 0.341 e. The van der Waals surface area contributed by atoms with Crippen molar-refractivity contribution in [2.24, 2.45) is 0 Å². The van der Waals surface area contributed by atoms with Gasteiger partial charge in [-0.2, -0.15) is 0 Å². The molecule has 3 nitrogen and oxygen atoms in total. The van der Waals surface area contributed by atoms with Crippen LogP contribution < -0.4 is 5.32 Å². The van der Waals surface area contributed by atoms with Crippen LogP contribution >= 0.6 is 0 Å². The third-order valence-electron chi connectivity index (χ3n) is 2.62. The van der Waals surface area contributed by atoms with Crippen molar-refractivity contribution < 1.29 is 4.79 Å². The molecule has 1 heterocycles. The van der Waals surface area contributed by atoms with Crippen LogP contribution in [0.3, 0.4) is 0 Å². The lowest BCUT2D eigenvalue weighted by molar-refractivity contribution is -0.132. The summed E-state index contributed by atoms with van der Waals surface area (Å²) in [6.45, 7) is 3.98. The third kappa shape index (κ3) is 2.69. The van der Waals surface area contributed by atoms with E-state index >= 15 is 0 Å². The Balaban J connectivity index is 2.56. The van der Waals surface area contributed by atoms with E-state index in [1.54, 1.807) is 0 Å². The van der Waals surface area contributed by atoms with Gasteiger partial charge < -0.3 is 10.2 Å². The van der Waals surface area contributed by atoms with Crippen LogP contribution in [0.1, 0.15) is 32.6 Å². The van der Waals surface area contributed by atoms with E-state index in [1.807, 2.05) is 11.9 Å². The molecule has 0 saturated carbocycles. The molecule has 0 aromatic heterocycles. The minimum atomic E-state index is 0.0639. The number of hydrogen-bond donors (Lipinski definition) is 1. The zero-order valence-electron chi connectivity index (χ0n) is 8.68. The van der Waals surface area contributed by atoms with Gasteiger partial charge in [0.2, 0.25) is 5.91 Å². The van der Waals surface area contributed by atoms with Crippen LogP contribution in [0.25, 0.3) is 0 Å². The zero-order valence-corrected chi connectivity index (χ0v) is 8.68. The maximum atomic E-state index is 11.8. The van der Waals surface area contributed by atoms with E-state index in [-0.39, 0.29) is 6.04 Å². The molecular formula is C10H20N2O. The highest BCUT2D eigenvalue weighted by Gasteiger charge is 2.24. The first-order valence-electron chi connectivity index (χ1n) is 5.25. The van der Waals surface area contributed by atoms with E-state index in [1.165, 1.54) is 0 Å². The van der Waals surface area contributed by atoms with Gasteiger partial charge >= 0.3 is 0 Å². The molecule has 0 aromatic rings. The topological polar surface area (TPSA) is 32.3 Å². The van der Waals surface area contributed by atoms with Crippen LogP contribution in [0, 0.1) is 0 Å². The molecule has 1 fully saturated rings. The summed E-state index contributed by atoms with van der Waals surface area (Å²) in [5.41, 5.74) is 0. The van der Waals surface area contributed by atoms with Gasteiger partial charge in [0, 0.05) is 13.1 Å². The summed E-state index contributed by atoms with van der Waals surface area (Å²) in [5, 5.41) is 3.09. The maximum absolute atomic E-state index is 11.8. The van der Waals surface area contributed by atoms with Crippen molar-refractivity contribution in [2.45, 2.75) is 38.6 Å². The average molecular weight is 184 g/mol. The van der Waals surface area contributed by atoms with Gasteiger partial charge in [-0.05, 0) is 32.7 Å². The summed E-state index contributed by atoms with van der Waals surface area (Å²) >= 11 is 0. The molecule has 0 aliphatic carbocycles. The first kappa shape index (κ1) is 10.5. The Hall–Kier alpha value is -0.570. The maximum Gasteiger partial charge on any atom is 0.239 e. The molecule has 1 aliphatic heterocycles. The van der Waals surface area contributed by atoms with Crippen LogP contribution in [0.15, 0.2) is 0 Å². The molecule has 0 spiro atoms. The number of carbonyl (C=O) groups is 1. The first-order valence-corrected chi connectivity index (χ1v) is 5.25. The van der Waals surface area contributed by atoms with E-state index in [0.29, 0.717) is 5.91 Å². The SMILES string of the molecule is CCCN1CCCCC(NC)C1=O. The molecule has 0 radical (unpaired) electrons. The lowest BCUT2D eigenvalue weighted by atomic mass is 10.1. The lowest BCUT2D eigenvalue weighted by Crippen LogP contribution is -2.44. The summed E-state index contributed by atoms with van der Waals surface area (Å²) in [7, 11) is 1.87. The van der Waals surface area contributed by atoms with Gasteiger partial charge in [0.15, 0.2) is 0 Å². The Morgan fingerprint density at radius 2 is 2.31 bits per heavy atom. The molecular weight excluding hydrogens is 164 g/mol. The summed E-state index contributed by atoms with van der Waals surface area (Å²) in [5.74, 6) is 0.293. The van der Waals surface area contributed by atoms with Crippen molar-refractivity contribution in [1.29, 1.82) is 0 Å². The van der Waals surface area contributed by atoms with Gasteiger partial charge in [-0.3, -0.25) is 4.79 Å². The smallest absolute Gasteiger partial charge is 0.239 e. The Bertz CT molecular complexity index is 170.